The van der Waals surface area contributed by atoms with Crippen molar-refractivity contribution in [3.8, 4) is 0 Å². The van der Waals surface area contributed by atoms with Crippen LogP contribution in [-0.2, 0) is 16.0 Å². The van der Waals surface area contributed by atoms with Crippen LogP contribution in [0.15, 0.2) is 12.5 Å². The molecule has 0 spiro atoms. The SMILES string of the molecule is CCc1c[nH]c2ncnc(N3CC4(C)C(=O)NC(=O)C4(C)C3)c12. The second kappa shape index (κ2) is 4.31. The summed E-state index contributed by atoms with van der Waals surface area (Å²) >= 11 is 0. The quantitative estimate of drug-likeness (QED) is 0.808. The second-order valence-corrected chi connectivity index (χ2v) is 6.89. The van der Waals surface area contributed by atoms with Crippen molar-refractivity contribution in [2.24, 2.45) is 10.8 Å². The molecular formula is C16H19N5O2. The van der Waals surface area contributed by atoms with Gasteiger partial charge < -0.3 is 9.88 Å². The Kier molecular flexibility index (Phi) is 2.65. The molecule has 7 nitrogen and oxygen atoms in total. The number of hydrogen-bond acceptors (Lipinski definition) is 5. The maximum Gasteiger partial charge on any atom is 0.235 e. The third-order valence-corrected chi connectivity index (χ3v) is 5.67. The van der Waals surface area contributed by atoms with Crippen molar-refractivity contribution in [2.75, 3.05) is 18.0 Å². The molecule has 2 atom stereocenters. The van der Waals surface area contributed by atoms with E-state index in [1.165, 1.54) is 6.33 Å². The molecule has 120 valence electrons. The van der Waals surface area contributed by atoms with Gasteiger partial charge in [0.25, 0.3) is 0 Å². The van der Waals surface area contributed by atoms with Crippen molar-refractivity contribution < 1.29 is 9.59 Å². The third kappa shape index (κ3) is 1.59. The van der Waals surface area contributed by atoms with E-state index in [1.807, 2.05) is 24.9 Å². The van der Waals surface area contributed by atoms with Crippen LogP contribution in [-0.4, -0.2) is 39.9 Å². The summed E-state index contributed by atoms with van der Waals surface area (Å²) in [5, 5.41) is 3.46. The van der Waals surface area contributed by atoms with Crippen LogP contribution in [0.5, 0.6) is 0 Å². The van der Waals surface area contributed by atoms with E-state index >= 15 is 0 Å². The predicted molar refractivity (Wildman–Crippen MR) is 84.8 cm³/mol. The van der Waals surface area contributed by atoms with Crippen LogP contribution in [0.2, 0.25) is 0 Å². The van der Waals surface area contributed by atoms with E-state index in [4.69, 9.17) is 0 Å². The highest BCUT2D eigenvalue weighted by atomic mass is 16.2. The minimum Gasteiger partial charge on any atom is -0.354 e. The molecule has 2 saturated heterocycles. The van der Waals surface area contributed by atoms with E-state index in [2.05, 4.69) is 27.2 Å². The zero-order valence-electron chi connectivity index (χ0n) is 13.4. The van der Waals surface area contributed by atoms with E-state index in [1.54, 1.807) is 0 Å². The zero-order chi connectivity index (χ0) is 16.4. The molecule has 4 heterocycles. The van der Waals surface area contributed by atoms with Gasteiger partial charge in [0.15, 0.2) is 0 Å². The summed E-state index contributed by atoms with van der Waals surface area (Å²) in [4.78, 5) is 38.6. The fourth-order valence-corrected chi connectivity index (χ4v) is 3.87. The van der Waals surface area contributed by atoms with E-state index in [9.17, 15) is 9.59 Å². The third-order valence-electron chi connectivity index (χ3n) is 5.67. The number of carbonyl (C=O) groups is 2. The molecule has 2 N–H and O–H groups in total. The molecule has 7 heteroatoms. The summed E-state index contributed by atoms with van der Waals surface area (Å²) in [6, 6.07) is 0. The number of nitrogens with one attached hydrogen (secondary N) is 2. The number of aromatic nitrogens is 3. The van der Waals surface area contributed by atoms with Gasteiger partial charge in [0, 0.05) is 19.3 Å². The monoisotopic (exact) mass is 313 g/mol. The van der Waals surface area contributed by atoms with Gasteiger partial charge >= 0.3 is 0 Å². The molecule has 0 saturated carbocycles. The number of aromatic amines is 1. The van der Waals surface area contributed by atoms with E-state index in [0.29, 0.717) is 13.1 Å². The van der Waals surface area contributed by atoms with Crippen molar-refractivity contribution in [1.29, 1.82) is 0 Å². The molecule has 0 bridgehead atoms. The first kappa shape index (κ1) is 14.2. The van der Waals surface area contributed by atoms with Gasteiger partial charge in [-0.05, 0) is 25.8 Å². The number of rotatable bonds is 2. The van der Waals surface area contributed by atoms with Crippen LogP contribution < -0.4 is 10.2 Å². The summed E-state index contributed by atoms with van der Waals surface area (Å²) in [5.74, 6) is 0.413. The summed E-state index contributed by atoms with van der Waals surface area (Å²) in [5.41, 5.74) is 0.461. The lowest BCUT2D eigenvalue weighted by molar-refractivity contribution is -0.128. The lowest BCUT2D eigenvalue weighted by atomic mass is 9.70. The Labute approximate surface area is 133 Å². The van der Waals surface area contributed by atoms with Crippen molar-refractivity contribution in [1.82, 2.24) is 20.3 Å². The van der Waals surface area contributed by atoms with Crippen LogP contribution in [0, 0.1) is 10.8 Å². The average molecular weight is 313 g/mol. The standard InChI is InChI=1S/C16H19N5O2/c1-4-9-5-17-11-10(9)12(19-8-18-11)21-6-15(2)13(22)20-14(23)16(15,3)7-21/h5,8H,4,6-7H2,1-3H3,(H,17,18,19)(H,20,22,23). The molecule has 2 aromatic heterocycles. The summed E-state index contributed by atoms with van der Waals surface area (Å²) < 4.78 is 0. The number of fused-ring (bicyclic) bond motifs is 2. The maximum atomic E-state index is 12.3. The van der Waals surface area contributed by atoms with Crippen LogP contribution in [0.1, 0.15) is 26.3 Å². The first-order chi connectivity index (χ1) is 10.9. The van der Waals surface area contributed by atoms with Gasteiger partial charge in [-0.15, -0.1) is 0 Å². The number of anilines is 1. The Morgan fingerprint density at radius 1 is 1.17 bits per heavy atom. The first-order valence-electron chi connectivity index (χ1n) is 7.82. The Balaban J connectivity index is 1.84. The van der Waals surface area contributed by atoms with Crippen molar-refractivity contribution in [3.63, 3.8) is 0 Å². The van der Waals surface area contributed by atoms with Gasteiger partial charge in [-0.1, -0.05) is 6.92 Å². The molecular weight excluding hydrogens is 294 g/mol. The Morgan fingerprint density at radius 2 is 1.83 bits per heavy atom. The minimum absolute atomic E-state index is 0.192. The predicted octanol–water partition coefficient (Wildman–Crippen LogP) is 1.01. The number of nitrogens with zero attached hydrogens (tertiary/aromatic N) is 3. The number of carbonyl (C=O) groups excluding carboxylic acids is 2. The van der Waals surface area contributed by atoms with Gasteiger partial charge in [-0.2, -0.15) is 0 Å². The highest BCUT2D eigenvalue weighted by Crippen LogP contribution is 2.51. The minimum atomic E-state index is -0.732. The second-order valence-electron chi connectivity index (χ2n) is 6.89. The Hall–Kier alpha value is -2.44. The molecule has 4 rings (SSSR count). The largest absolute Gasteiger partial charge is 0.354 e. The van der Waals surface area contributed by atoms with Crippen LogP contribution in [0.3, 0.4) is 0 Å². The van der Waals surface area contributed by atoms with Gasteiger partial charge in [0.2, 0.25) is 11.8 Å². The zero-order valence-corrected chi connectivity index (χ0v) is 13.4. The summed E-state index contributed by atoms with van der Waals surface area (Å²) in [7, 11) is 0. The van der Waals surface area contributed by atoms with Crippen molar-refractivity contribution in [2.45, 2.75) is 27.2 Å². The molecule has 2 amide bonds. The molecule has 0 aromatic carbocycles. The molecule has 23 heavy (non-hydrogen) atoms. The van der Waals surface area contributed by atoms with Crippen molar-refractivity contribution in [3.05, 3.63) is 18.1 Å². The van der Waals surface area contributed by atoms with Crippen LogP contribution >= 0.6 is 0 Å². The first-order valence-corrected chi connectivity index (χ1v) is 7.82. The van der Waals surface area contributed by atoms with Crippen LogP contribution in [0.4, 0.5) is 5.82 Å². The van der Waals surface area contributed by atoms with Gasteiger partial charge in [0.05, 0.1) is 16.2 Å². The normalized spacial score (nSPS) is 30.1. The number of aryl methyl sites for hydroxylation is 1. The number of H-pyrrole nitrogens is 1. The summed E-state index contributed by atoms with van der Waals surface area (Å²) in [6.07, 6.45) is 4.33. The van der Waals surface area contributed by atoms with Gasteiger partial charge in [-0.25, -0.2) is 9.97 Å². The highest BCUT2D eigenvalue weighted by molar-refractivity contribution is 6.11. The Bertz CT molecular complexity index is 816. The topological polar surface area (TPSA) is 91.0 Å². The van der Waals surface area contributed by atoms with E-state index < -0.39 is 10.8 Å². The highest BCUT2D eigenvalue weighted by Gasteiger charge is 2.65. The smallest absolute Gasteiger partial charge is 0.235 e. The molecule has 2 aliphatic heterocycles. The van der Waals surface area contributed by atoms with E-state index in [-0.39, 0.29) is 11.8 Å². The molecule has 2 fully saturated rings. The Morgan fingerprint density at radius 3 is 2.43 bits per heavy atom. The summed E-state index contributed by atoms with van der Waals surface area (Å²) in [6.45, 7) is 6.76. The fourth-order valence-electron chi connectivity index (χ4n) is 3.87. The van der Waals surface area contributed by atoms with Crippen molar-refractivity contribution >= 4 is 28.7 Å². The molecule has 0 aliphatic carbocycles. The number of hydrogen-bond donors (Lipinski definition) is 2. The van der Waals surface area contributed by atoms with Gasteiger partial charge in [-0.3, -0.25) is 14.9 Å². The fraction of sp³-hybridized carbons (Fsp3) is 0.500. The number of imide groups is 1. The average Bonchev–Trinajstić information content (AvgIpc) is 3.11. The van der Waals surface area contributed by atoms with E-state index in [0.717, 1.165) is 28.8 Å². The lowest BCUT2D eigenvalue weighted by Crippen LogP contribution is -2.38. The molecule has 0 radical (unpaired) electrons. The van der Waals surface area contributed by atoms with Gasteiger partial charge in [0.1, 0.15) is 17.8 Å². The lowest BCUT2D eigenvalue weighted by Gasteiger charge is -2.25. The van der Waals surface area contributed by atoms with Crippen LogP contribution in [0.25, 0.3) is 11.0 Å². The molecule has 2 unspecified atom stereocenters. The maximum absolute atomic E-state index is 12.3. The molecule has 2 aromatic rings. The number of amides is 2. The molecule has 2 aliphatic rings.